The van der Waals surface area contributed by atoms with Gasteiger partial charge < -0.3 is 9.69 Å². The van der Waals surface area contributed by atoms with Crippen LogP contribution in [0.25, 0.3) is 0 Å². The maximum Gasteiger partial charge on any atom is 0.255 e. The molecular weight excluding hydrogens is 308 g/mol. The van der Waals surface area contributed by atoms with E-state index in [4.69, 9.17) is 0 Å². The van der Waals surface area contributed by atoms with Crippen molar-refractivity contribution in [3.63, 3.8) is 0 Å². The molecule has 1 atom stereocenters. The standard InChI is InChI=1S/C18H20N2O4/c21-9-3-1-2-4-12-5-6-13-11-20(18(24)14(13)10-12)15-7-8-16(22)19-17(15)23/h5-6,9-10,15H,1-4,7-8,11H2,(H,19,22,23). The first-order valence-corrected chi connectivity index (χ1v) is 8.30. The van der Waals surface area contributed by atoms with Gasteiger partial charge in [-0.3, -0.25) is 19.7 Å². The quantitative estimate of drug-likeness (QED) is 0.485. The molecule has 1 fully saturated rings. The van der Waals surface area contributed by atoms with Crippen molar-refractivity contribution in [1.82, 2.24) is 10.2 Å². The topological polar surface area (TPSA) is 83.6 Å². The number of imide groups is 1. The second kappa shape index (κ2) is 6.95. The van der Waals surface area contributed by atoms with E-state index in [-0.39, 0.29) is 24.1 Å². The Balaban J connectivity index is 1.70. The number of carbonyl (C=O) groups is 4. The monoisotopic (exact) mass is 328 g/mol. The van der Waals surface area contributed by atoms with Crippen molar-refractivity contribution in [3.05, 3.63) is 34.9 Å². The van der Waals surface area contributed by atoms with E-state index in [1.807, 2.05) is 18.2 Å². The Morgan fingerprint density at radius 1 is 1.21 bits per heavy atom. The summed E-state index contributed by atoms with van der Waals surface area (Å²) in [6.45, 7) is 0.409. The first-order chi connectivity index (χ1) is 11.6. The molecule has 2 aliphatic rings. The Morgan fingerprint density at radius 2 is 2.04 bits per heavy atom. The van der Waals surface area contributed by atoms with Crippen molar-refractivity contribution >= 4 is 24.0 Å². The summed E-state index contributed by atoms with van der Waals surface area (Å²) in [7, 11) is 0. The van der Waals surface area contributed by atoms with Gasteiger partial charge in [-0.1, -0.05) is 12.1 Å². The van der Waals surface area contributed by atoms with E-state index in [1.165, 1.54) is 0 Å². The Morgan fingerprint density at radius 3 is 2.79 bits per heavy atom. The molecule has 126 valence electrons. The second-order valence-corrected chi connectivity index (χ2v) is 6.30. The number of aldehydes is 1. The van der Waals surface area contributed by atoms with Crippen LogP contribution in [0.3, 0.4) is 0 Å². The number of fused-ring (bicyclic) bond motifs is 1. The number of unbranched alkanes of at least 4 members (excludes halogenated alkanes) is 2. The van der Waals surface area contributed by atoms with Gasteiger partial charge in [0.05, 0.1) is 0 Å². The zero-order chi connectivity index (χ0) is 17.1. The number of benzene rings is 1. The molecule has 1 unspecified atom stereocenters. The lowest BCUT2D eigenvalue weighted by atomic mass is 10.0. The average Bonchev–Trinajstić information content (AvgIpc) is 2.88. The van der Waals surface area contributed by atoms with Crippen molar-refractivity contribution in [2.24, 2.45) is 0 Å². The summed E-state index contributed by atoms with van der Waals surface area (Å²) < 4.78 is 0. The summed E-state index contributed by atoms with van der Waals surface area (Å²) in [4.78, 5) is 47.8. The zero-order valence-corrected chi connectivity index (χ0v) is 13.4. The highest BCUT2D eigenvalue weighted by atomic mass is 16.2. The van der Waals surface area contributed by atoms with Gasteiger partial charge in [0.1, 0.15) is 12.3 Å². The summed E-state index contributed by atoms with van der Waals surface area (Å²) in [5.74, 6) is -0.811. The summed E-state index contributed by atoms with van der Waals surface area (Å²) in [6.07, 6.45) is 4.70. The average molecular weight is 328 g/mol. The fraction of sp³-hybridized carbons (Fsp3) is 0.444. The van der Waals surface area contributed by atoms with Crippen LogP contribution in [0, 0.1) is 0 Å². The first kappa shape index (κ1) is 16.4. The fourth-order valence-corrected chi connectivity index (χ4v) is 3.31. The smallest absolute Gasteiger partial charge is 0.255 e. The van der Waals surface area contributed by atoms with Gasteiger partial charge in [0.25, 0.3) is 5.91 Å². The zero-order valence-electron chi connectivity index (χ0n) is 13.4. The van der Waals surface area contributed by atoms with Crippen LogP contribution in [-0.2, 0) is 27.3 Å². The van der Waals surface area contributed by atoms with Crippen molar-refractivity contribution < 1.29 is 19.2 Å². The summed E-state index contributed by atoms with van der Waals surface area (Å²) in [5, 5.41) is 2.30. The highest BCUT2D eigenvalue weighted by Crippen LogP contribution is 2.28. The number of nitrogens with one attached hydrogen (secondary N) is 1. The van der Waals surface area contributed by atoms with Crippen LogP contribution in [0.2, 0.25) is 0 Å². The number of carbonyl (C=O) groups excluding carboxylic acids is 4. The molecule has 2 heterocycles. The van der Waals surface area contributed by atoms with Gasteiger partial charge in [0.2, 0.25) is 11.8 Å². The van der Waals surface area contributed by atoms with Gasteiger partial charge >= 0.3 is 0 Å². The third kappa shape index (κ3) is 3.22. The first-order valence-electron chi connectivity index (χ1n) is 8.30. The van der Waals surface area contributed by atoms with Gasteiger partial charge in [-0.15, -0.1) is 0 Å². The number of nitrogens with zero attached hydrogens (tertiary/aromatic N) is 1. The molecule has 0 saturated carbocycles. The molecule has 3 amide bonds. The summed E-state index contributed by atoms with van der Waals surface area (Å²) in [6, 6.07) is 5.26. The molecule has 1 aromatic rings. The van der Waals surface area contributed by atoms with E-state index in [9.17, 15) is 19.2 Å². The van der Waals surface area contributed by atoms with E-state index in [0.29, 0.717) is 24.9 Å². The Labute approximate surface area is 140 Å². The molecule has 6 nitrogen and oxygen atoms in total. The van der Waals surface area contributed by atoms with Crippen LogP contribution in [0.15, 0.2) is 18.2 Å². The second-order valence-electron chi connectivity index (χ2n) is 6.30. The maximum absolute atomic E-state index is 12.7. The minimum absolute atomic E-state index is 0.144. The van der Waals surface area contributed by atoms with Gasteiger partial charge in [-0.05, 0) is 42.9 Å². The number of piperidine rings is 1. The normalized spacial score (nSPS) is 20.1. The van der Waals surface area contributed by atoms with E-state index in [2.05, 4.69) is 5.32 Å². The molecule has 0 radical (unpaired) electrons. The van der Waals surface area contributed by atoms with E-state index in [1.54, 1.807) is 4.90 Å². The number of hydrogen-bond acceptors (Lipinski definition) is 4. The van der Waals surface area contributed by atoms with Crippen LogP contribution in [0.1, 0.15) is 53.6 Å². The molecule has 1 aromatic carbocycles. The third-order valence-corrected chi connectivity index (χ3v) is 4.63. The van der Waals surface area contributed by atoms with Crippen LogP contribution < -0.4 is 5.32 Å². The highest BCUT2D eigenvalue weighted by Gasteiger charge is 2.38. The molecule has 2 aliphatic heterocycles. The van der Waals surface area contributed by atoms with E-state index in [0.717, 1.165) is 36.7 Å². The fourth-order valence-electron chi connectivity index (χ4n) is 3.31. The van der Waals surface area contributed by atoms with Crippen molar-refractivity contribution in [1.29, 1.82) is 0 Å². The third-order valence-electron chi connectivity index (χ3n) is 4.63. The highest BCUT2D eigenvalue weighted by molar-refractivity contribution is 6.05. The largest absolute Gasteiger partial charge is 0.322 e. The SMILES string of the molecule is O=CCCCCc1ccc2c(c1)C(=O)N(C1CCC(=O)NC1=O)C2. The van der Waals surface area contributed by atoms with Gasteiger partial charge in [-0.25, -0.2) is 0 Å². The van der Waals surface area contributed by atoms with Crippen LogP contribution in [0.4, 0.5) is 0 Å². The van der Waals surface area contributed by atoms with Gasteiger partial charge in [-0.2, -0.15) is 0 Å². The molecular formula is C18H20N2O4. The van der Waals surface area contributed by atoms with Crippen molar-refractivity contribution in [2.75, 3.05) is 0 Å². The van der Waals surface area contributed by atoms with Crippen molar-refractivity contribution in [2.45, 2.75) is 51.1 Å². The minimum atomic E-state index is -0.571. The molecule has 6 heteroatoms. The summed E-state index contributed by atoms with van der Waals surface area (Å²) in [5.41, 5.74) is 2.63. The number of hydrogen-bond donors (Lipinski definition) is 1. The Bertz CT molecular complexity index is 698. The van der Waals surface area contributed by atoms with Crippen LogP contribution in [0.5, 0.6) is 0 Å². The predicted octanol–water partition coefficient (Wildman–Crippen LogP) is 1.36. The van der Waals surface area contributed by atoms with Crippen LogP contribution in [-0.4, -0.2) is 34.9 Å². The molecule has 3 rings (SSSR count). The molecule has 0 aliphatic carbocycles. The lowest BCUT2D eigenvalue weighted by Gasteiger charge is -2.29. The Kier molecular flexibility index (Phi) is 4.74. The molecule has 24 heavy (non-hydrogen) atoms. The molecule has 0 aromatic heterocycles. The number of amides is 3. The lowest BCUT2D eigenvalue weighted by molar-refractivity contribution is -0.136. The summed E-state index contributed by atoms with van der Waals surface area (Å²) >= 11 is 0. The minimum Gasteiger partial charge on any atom is -0.322 e. The predicted molar refractivity (Wildman–Crippen MR) is 86.1 cm³/mol. The van der Waals surface area contributed by atoms with Gasteiger partial charge in [0.15, 0.2) is 0 Å². The van der Waals surface area contributed by atoms with E-state index >= 15 is 0 Å². The molecule has 0 spiro atoms. The van der Waals surface area contributed by atoms with Crippen LogP contribution >= 0.6 is 0 Å². The molecule has 1 saturated heterocycles. The molecule has 0 bridgehead atoms. The maximum atomic E-state index is 12.7. The van der Waals surface area contributed by atoms with Gasteiger partial charge in [0, 0.05) is 24.9 Å². The Hall–Kier alpha value is -2.50. The number of aryl methyl sites for hydroxylation is 1. The molecule has 1 N–H and O–H groups in total. The number of rotatable bonds is 6. The van der Waals surface area contributed by atoms with Crippen molar-refractivity contribution in [3.8, 4) is 0 Å². The van der Waals surface area contributed by atoms with E-state index < -0.39 is 6.04 Å². The lowest BCUT2D eigenvalue weighted by Crippen LogP contribution is -2.52.